The maximum atomic E-state index is 5.72. The van der Waals surface area contributed by atoms with Crippen LogP contribution >= 0.6 is 0 Å². The van der Waals surface area contributed by atoms with Gasteiger partial charge in [-0.3, -0.25) is 4.98 Å². The molecule has 88 valence electrons. The fourth-order valence-electron chi connectivity index (χ4n) is 1.52. The van der Waals surface area contributed by atoms with E-state index >= 15 is 0 Å². The zero-order chi connectivity index (χ0) is 12.3. The molecular formula is C12H15N5. The summed E-state index contributed by atoms with van der Waals surface area (Å²) < 4.78 is 0. The molecule has 17 heavy (non-hydrogen) atoms. The van der Waals surface area contributed by atoms with Crippen LogP contribution < -0.4 is 11.1 Å². The number of hydrogen-bond donors (Lipinski definition) is 2. The predicted molar refractivity (Wildman–Crippen MR) is 67.5 cm³/mol. The molecule has 0 saturated heterocycles. The van der Waals surface area contributed by atoms with Gasteiger partial charge in [0.25, 0.3) is 0 Å². The lowest BCUT2D eigenvalue weighted by molar-refractivity contribution is 1.04. The predicted octanol–water partition coefficient (Wildman–Crippen LogP) is 1.68. The van der Waals surface area contributed by atoms with Crippen LogP contribution in [-0.2, 0) is 6.54 Å². The first-order valence-electron chi connectivity index (χ1n) is 5.39. The van der Waals surface area contributed by atoms with Crippen molar-refractivity contribution in [1.82, 2.24) is 15.0 Å². The minimum absolute atomic E-state index is 0.508. The highest BCUT2D eigenvalue weighted by Crippen LogP contribution is 2.16. The van der Waals surface area contributed by atoms with Crippen LogP contribution in [0.1, 0.15) is 16.7 Å². The van der Waals surface area contributed by atoms with E-state index in [2.05, 4.69) is 20.3 Å². The zero-order valence-corrected chi connectivity index (χ0v) is 9.94. The molecule has 2 heterocycles. The normalized spacial score (nSPS) is 10.2. The van der Waals surface area contributed by atoms with Crippen molar-refractivity contribution < 1.29 is 0 Å². The van der Waals surface area contributed by atoms with Gasteiger partial charge in [-0.1, -0.05) is 0 Å². The average molecular weight is 229 g/mol. The molecule has 5 nitrogen and oxygen atoms in total. The number of aryl methyl sites for hydroxylation is 1. The molecule has 2 rings (SSSR count). The van der Waals surface area contributed by atoms with Gasteiger partial charge in [0.15, 0.2) is 0 Å². The van der Waals surface area contributed by atoms with Crippen molar-refractivity contribution in [1.29, 1.82) is 0 Å². The van der Waals surface area contributed by atoms with E-state index in [-0.39, 0.29) is 0 Å². The van der Waals surface area contributed by atoms with Crippen molar-refractivity contribution in [2.75, 3.05) is 11.1 Å². The van der Waals surface area contributed by atoms with Gasteiger partial charge in [0.2, 0.25) is 0 Å². The molecular weight excluding hydrogens is 214 g/mol. The molecule has 0 unspecified atom stereocenters. The number of rotatable bonds is 3. The molecule has 0 aliphatic rings. The van der Waals surface area contributed by atoms with Crippen LogP contribution in [0.25, 0.3) is 0 Å². The summed E-state index contributed by atoms with van der Waals surface area (Å²) in [7, 11) is 0. The van der Waals surface area contributed by atoms with Crippen molar-refractivity contribution in [3.05, 3.63) is 41.5 Å². The van der Waals surface area contributed by atoms with Crippen LogP contribution in [0.2, 0.25) is 0 Å². The molecule has 0 radical (unpaired) electrons. The van der Waals surface area contributed by atoms with E-state index in [0.29, 0.717) is 12.4 Å². The van der Waals surface area contributed by atoms with E-state index in [1.54, 1.807) is 6.20 Å². The molecule has 2 aromatic rings. The summed E-state index contributed by atoms with van der Waals surface area (Å²) in [5.41, 5.74) is 8.94. The Bertz CT molecular complexity index is 524. The largest absolute Gasteiger partial charge is 0.383 e. The Balaban J connectivity index is 2.13. The summed E-state index contributed by atoms with van der Waals surface area (Å²) in [5, 5.41) is 3.25. The first-order valence-corrected chi connectivity index (χ1v) is 5.39. The topological polar surface area (TPSA) is 76.7 Å². The van der Waals surface area contributed by atoms with Gasteiger partial charge < -0.3 is 11.1 Å². The summed E-state index contributed by atoms with van der Waals surface area (Å²) in [6.45, 7) is 4.63. The first kappa shape index (κ1) is 11.3. The van der Waals surface area contributed by atoms with Crippen LogP contribution in [0.15, 0.2) is 24.8 Å². The molecule has 0 aliphatic carbocycles. The average Bonchev–Trinajstić information content (AvgIpc) is 2.33. The maximum Gasteiger partial charge on any atom is 0.134 e. The van der Waals surface area contributed by atoms with Gasteiger partial charge in [-0.15, -0.1) is 0 Å². The highest BCUT2D eigenvalue weighted by molar-refractivity contribution is 5.54. The molecule has 0 bridgehead atoms. The summed E-state index contributed by atoms with van der Waals surface area (Å²) in [6.07, 6.45) is 5.09. The Morgan fingerprint density at radius 2 is 2.12 bits per heavy atom. The van der Waals surface area contributed by atoms with Crippen LogP contribution in [0.4, 0.5) is 11.6 Å². The van der Waals surface area contributed by atoms with Crippen molar-refractivity contribution in [3.8, 4) is 0 Å². The fourth-order valence-corrected chi connectivity index (χ4v) is 1.52. The highest BCUT2D eigenvalue weighted by Gasteiger charge is 2.04. The van der Waals surface area contributed by atoms with Crippen molar-refractivity contribution in [2.24, 2.45) is 0 Å². The summed E-state index contributed by atoms with van der Waals surface area (Å²) in [5.74, 6) is 1.28. The van der Waals surface area contributed by atoms with Crippen LogP contribution in [0.5, 0.6) is 0 Å². The van der Waals surface area contributed by atoms with Gasteiger partial charge in [-0.05, 0) is 31.0 Å². The lowest BCUT2D eigenvalue weighted by Crippen LogP contribution is -2.07. The number of pyridine rings is 1. The molecule has 0 aromatic carbocycles. The molecule has 0 spiro atoms. The quantitative estimate of drug-likeness (QED) is 0.837. The van der Waals surface area contributed by atoms with E-state index < -0.39 is 0 Å². The van der Waals surface area contributed by atoms with Crippen LogP contribution in [0.3, 0.4) is 0 Å². The van der Waals surface area contributed by atoms with Crippen molar-refractivity contribution in [3.63, 3.8) is 0 Å². The van der Waals surface area contributed by atoms with Gasteiger partial charge in [0, 0.05) is 24.5 Å². The highest BCUT2D eigenvalue weighted by atomic mass is 15.0. The molecule has 0 saturated carbocycles. The third kappa shape index (κ3) is 2.50. The Morgan fingerprint density at radius 1 is 1.29 bits per heavy atom. The van der Waals surface area contributed by atoms with Crippen molar-refractivity contribution >= 4 is 11.6 Å². The standard InChI is InChI=1S/C12H15N5/c1-8-5-14-4-3-10(8)6-15-12-9(2)11(13)16-7-17-12/h3-5,7H,6H2,1-2H3,(H3,13,15,16,17). The second-order valence-electron chi connectivity index (χ2n) is 3.89. The Morgan fingerprint density at radius 3 is 2.88 bits per heavy atom. The van der Waals surface area contributed by atoms with E-state index in [1.807, 2.05) is 26.1 Å². The van der Waals surface area contributed by atoms with Gasteiger partial charge >= 0.3 is 0 Å². The number of nitrogens with two attached hydrogens (primary N) is 1. The number of hydrogen-bond acceptors (Lipinski definition) is 5. The number of nitrogens with zero attached hydrogens (tertiary/aromatic N) is 3. The lowest BCUT2D eigenvalue weighted by atomic mass is 10.1. The third-order valence-corrected chi connectivity index (χ3v) is 2.71. The fraction of sp³-hybridized carbons (Fsp3) is 0.250. The summed E-state index contributed by atoms with van der Waals surface area (Å²) in [4.78, 5) is 12.2. The third-order valence-electron chi connectivity index (χ3n) is 2.71. The SMILES string of the molecule is Cc1cnccc1CNc1ncnc(N)c1C. The van der Waals surface area contributed by atoms with Crippen LogP contribution in [-0.4, -0.2) is 15.0 Å². The number of nitrogens with one attached hydrogen (secondary N) is 1. The van der Waals surface area contributed by atoms with E-state index in [9.17, 15) is 0 Å². The Hall–Kier alpha value is -2.17. The van der Waals surface area contributed by atoms with Crippen LogP contribution in [0, 0.1) is 13.8 Å². The number of aromatic nitrogens is 3. The molecule has 0 aliphatic heterocycles. The Kier molecular flexibility index (Phi) is 3.18. The molecule has 0 amide bonds. The van der Waals surface area contributed by atoms with Gasteiger partial charge in [-0.25, -0.2) is 9.97 Å². The second kappa shape index (κ2) is 4.78. The van der Waals surface area contributed by atoms with Gasteiger partial charge in [0.1, 0.15) is 18.0 Å². The smallest absolute Gasteiger partial charge is 0.134 e. The molecule has 3 N–H and O–H groups in total. The van der Waals surface area contributed by atoms with Gasteiger partial charge in [0.05, 0.1) is 0 Å². The lowest BCUT2D eigenvalue weighted by Gasteiger charge is -2.10. The summed E-state index contributed by atoms with van der Waals surface area (Å²) in [6, 6.07) is 1.99. The number of nitrogen functional groups attached to an aromatic ring is 1. The van der Waals surface area contributed by atoms with Crippen molar-refractivity contribution in [2.45, 2.75) is 20.4 Å². The second-order valence-corrected chi connectivity index (χ2v) is 3.89. The summed E-state index contributed by atoms with van der Waals surface area (Å²) >= 11 is 0. The van der Waals surface area contributed by atoms with E-state index in [0.717, 1.165) is 16.9 Å². The number of anilines is 2. The first-order chi connectivity index (χ1) is 8.18. The molecule has 0 fully saturated rings. The molecule has 2 aromatic heterocycles. The minimum Gasteiger partial charge on any atom is -0.383 e. The molecule has 0 atom stereocenters. The minimum atomic E-state index is 0.508. The maximum absolute atomic E-state index is 5.72. The van der Waals surface area contributed by atoms with E-state index in [1.165, 1.54) is 11.9 Å². The molecule has 5 heteroatoms. The van der Waals surface area contributed by atoms with Gasteiger partial charge in [-0.2, -0.15) is 0 Å². The van der Waals surface area contributed by atoms with E-state index in [4.69, 9.17) is 5.73 Å². The zero-order valence-electron chi connectivity index (χ0n) is 9.94. The monoisotopic (exact) mass is 229 g/mol. The Labute approximate surface area is 100 Å².